The third kappa shape index (κ3) is 2.86. The molecule has 0 radical (unpaired) electrons. The Bertz CT molecular complexity index is 797. The van der Waals surface area contributed by atoms with Gasteiger partial charge < -0.3 is 10.8 Å². The van der Waals surface area contributed by atoms with Crippen molar-refractivity contribution in [2.24, 2.45) is 0 Å². The lowest BCUT2D eigenvalue weighted by Crippen LogP contribution is -1.97. The number of rotatable bonds is 4. The lowest BCUT2D eigenvalue weighted by atomic mass is 10.1. The first-order valence-corrected chi connectivity index (χ1v) is 8.03. The Morgan fingerprint density at radius 2 is 2.10 bits per heavy atom. The molecule has 0 saturated carbocycles. The average molecular weight is 316 g/mol. The van der Waals surface area contributed by atoms with Crippen LogP contribution in [0.3, 0.4) is 0 Å². The lowest BCUT2D eigenvalue weighted by Gasteiger charge is -2.02. The molecule has 0 unspecified atom stereocenters. The fourth-order valence-corrected chi connectivity index (χ4v) is 4.07. The molecule has 106 valence electrons. The third-order valence-electron chi connectivity index (χ3n) is 3.02. The van der Waals surface area contributed by atoms with Crippen LogP contribution in [0.4, 0.5) is 5.69 Å². The first-order valence-electron chi connectivity index (χ1n) is 6.23. The number of carbonyl (C=O) groups is 1. The SMILES string of the molecule is Nc1ccc(SCc2c(C(=O)O)sc3ccccc23)nc1. The van der Waals surface area contributed by atoms with Crippen molar-refractivity contribution >= 4 is 44.8 Å². The van der Waals surface area contributed by atoms with Gasteiger partial charge in [0.2, 0.25) is 0 Å². The molecule has 3 rings (SSSR count). The number of nitrogens with zero attached hydrogens (tertiary/aromatic N) is 1. The molecule has 6 heteroatoms. The summed E-state index contributed by atoms with van der Waals surface area (Å²) in [5.74, 6) is -0.306. The summed E-state index contributed by atoms with van der Waals surface area (Å²) in [5, 5.41) is 11.2. The second-order valence-corrected chi connectivity index (χ2v) is 6.48. The van der Waals surface area contributed by atoms with Crippen LogP contribution in [0.1, 0.15) is 15.2 Å². The van der Waals surface area contributed by atoms with Crippen LogP contribution in [-0.2, 0) is 5.75 Å². The predicted molar refractivity (Wildman–Crippen MR) is 87.0 cm³/mol. The Labute approximate surface area is 129 Å². The van der Waals surface area contributed by atoms with Gasteiger partial charge in [0.1, 0.15) is 4.88 Å². The zero-order chi connectivity index (χ0) is 14.8. The van der Waals surface area contributed by atoms with E-state index < -0.39 is 5.97 Å². The molecule has 1 aromatic carbocycles. The fraction of sp³-hybridized carbons (Fsp3) is 0.0667. The molecular weight excluding hydrogens is 304 g/mol. The van der Waals surface area contributed by atoms with Crippen molar-refractivity contribution in [2.45, 2.75) is 10.8 Å². The zero-order valence-corrected chi connectivity index (χ0v) is 12.6. The number of fused-ring (bicyclic) bond motifs is 1. The molecule has 0 aliphatic carbocycles. The van der Waals surface area contributed by atoms with E-state index in [0.717, 1.165) is 20.7 Å². The summed E-state index contributed by atoms with van der Waals surface area (Å²) in [5.41, 5.74) is 7.08. The van der Waals surface area contributed by atoms with Crippen LogP contribution >= 0.6 is 23.1 Å². The van der Waals surface area contributed by atoms with Crippen LogP contribution in [0, 0.1) is 0 Å². The first-order chi connectivity index (χ1) is 10.1. The highest BCUT2D eigenvalue weighted by Gasteiger charge is 2.17. The molecule has 2 heterocycles. The maximum Gasteiger partial charge on any atom is 0.346 e. The second-order valence-electron chi connectivity index (χ2n) is 4.43. The van der Waals surface area contributed by atoms with Crippen molar-refractivity contribution in [3.63, 3.8) is 0 Å². The number of benzene rings is 1. The van der Waals surface area contributed by atoms with Gasteiger partial charge in [0.05, 0.1) is 16.9 Å². The Balaban J connectivity index is 1.93. The molecule has 0 saturated heterocycles. The summed E-state index contributed by atoms with van der Waals surface area (Å²) < 4.78 is 0.996. The number of pyridine rings is 1. The van der Waals surface area contributed by atoms with Crippen molar-refractivity contribution in [3.8, 4) is 0 Å². The number of nitrogens with two attached hydrogens (primary N) is 1. The smallest absolute Gasteiger partial charge is 0.346 e. The molecule has 0 aliphatic heterocycles. The molecular formula is C15H12N2O2S2. The van der Waals surface area contributed by atoms with E-state index >= 15 is 0 Å². The summed E-state index contributed by atoms with van der Waals surface area (Å²) in [6.07, 6.45) is 1.60. The largest absolute Gasteiger partial charge is 0.477 e. The van der Waals surface area contributed by atoms with E-state index in [1.807, 2.05) is 30.3 Å². The van der Waals surface area contributed by atoms with E-state index in [1.54, 1.807) is 12.3 Å². The van der Waals surface area contributed by atoms with Gasteiger partial charge in [-0.15, -0.1) is 23.1 Å². The van der Waals surface area contributed by atoms with Crippen LogP contribution in [-0.4, -0.2) is 16.1 Å². The highest BCUT2D eigenvalue weighted by molar-refractivity contribution is 7.98. The van der Waals surface area contributed by atoms with Gasteiger partial charge in [0.15, 0.2) is 0 Å². The summed E-state index contributed by atoms with van der Waals surface area (Å²) in [6, 6.07) is 11.4. The number of aromatic carboxylic acids is 1. The van der Waals surface area contributed by atoms with Crippen LogP contribution in [0.25, 0.3) is 10.1 Å². The highest BCUT2D eigenvalue weighted by Crippen LogP contribution is 2.35. The lowest BCUT2D eigenvalue weighted by molar-refractivity contribution is 0.0701. The van der Waals surface area contributed by atoms with E-state index in [1.165, 1.54) is 23.1 Å². The van der Waals surface area contributed by atoms with Crippen LogP contribution in [0.5, 0.6) is 0 Å². The van der Waals surface area contributed by atoms with Crippen molar-refractivity contribution in [1.82, 2.24) is 4.98 Å². The Kier molecular flexibility index (Phi) is 3.81. The number of anilines is 1. The second kappa shape index (κ2) is 5.75. The van der Waals surface area contributed by atoms with Gasteiger partial charge in [-0.1, -0.05) is 18.2 Å². The molecule has 0 fully saturated rings. The number of thioether (sulfide) groups is 1. The number of carboxylic acids is 1. The van der Waals surface area contributed by atoms with Crippen molar-refractivity contribution in [1.29, 1.82) is 0 Å². The van der Waals surface area contributed by atoms with Gasteiger partial charge in [-0.2, -0.15) is 0 Å². The fourth-order valence-electron chi connectivity index (χ4n) is 2.04. The van der Waals surface area contributed by atoms with Crippen LogP contribution < -0.4 is 5.73 Å². The van der Waals surface area contributed by atoms with E-state index in [-0.39, 0.29) is 0 Å². The normalized spacial score (nSPS) is 10.9. The molecule has 4 nitrogen and oxygen atoms in total. The Morgan fingerprint density at radius 1 is 1.29 bits per heavy atom. The summed E-state index contributed by atoms with van der Waals surface area (Å²) in [4.78, 5) is 16.0. The molecule has 0 atom stereocenters. The van der Waals surface area contributed by atoms with Gasteiger partial charge in [-0.3, -0.25) is 0 Å². The first kappa shape index (κ1) is 13.9. The number of carboxylic acid groups (broad SMARTS) is 1. The molecule has 0 bridgehead atoms. The molecule has 2 aromatic heterocycles. The zero-order valence-electron chi connectivity index (χ0n) is 10.9. The molecule has 0 aliphatic rings. The van der Waals surface area contributed by atoms with Crippen LogP contribution in [0.2, 0.25) is 0 Å². The third-order valence-corrected chi connectivity index (χ3v) is 5.19. The average Bonchev–Trinajstić information content (AvgIpc) is 2.86. The molecule has 0 amide bonds. The van der Waals surface area contributed by atoms with E-state index in [2.05, 4.69) is 4.98 Å². The van der Waals surface area contributed by atoms with Gasteiger partial charge in [-0.05, 0) is 29.1 Å². The summed E-state index contributed by atoms with van der Waals surface area (Å²) in [7, 11) is 0. The van der Waals surface area contributed by atoms with E-state index in [0.29, 0.717) is 16.3 Å². The Hall–Kier alpha value is -2.05. The van der Waals surface area contributed by atoms with E-state index in [4.69, 9.17) is 5.73 Å². The number of nitrogen functional groups attached to an aromatic ring is 1. The maximum atomic E-state index is 11.4. The molecule has 21 heavy (non-hydrogen) atoms. The molecule has 3 N–H and O–H groups in total. The van der Waals surface area contributed by atoms with Gasteiger partial charge in [-0.25, -0.2) is 9.78 Å². The van der Waals surface area contributed by atoms with Crippen molar-refractivity contribution in [2.75, 3.05) is 5.73 Å². The van der Waals surface area contributed by atoms with E-state index in [9.17, 15) is 9.90 Å². The van der Waals surface area contributed by atoms with Gasteiger partial charge in [0.25, 0.3) is 0 Å². The van der Waals surface area contributed by atoms with Crippen molar-refractivity contribution in [3.05, 3.63) is 53.0 Å². The van der Waals surface area contributed by atoms with Gasteiger partial charge >= 0.3 is 5.97 Å². The standard InChI is InChI=1S/C15H12N2O2S2/c16-9-5-6-13(17-7-9)20-8-11-10-3-1-2-4-12(10)21-14(11)15(18)19/h1-7H,8,16H2,(H,18,19). The quantitative estimate of drug-likeness (QED) is 0.715. The minimum absolute atomic E-state index is 0.402. The maximum absolute atomic E-state index is 11.4. The monoisotopic (exact) mass is 316 g/mol. The number of hydrogen-bond donors (Lipinski definition) is 2. The minimum Gasteiger partial charge on any atom is -0.477 e. The van der Waals surface area contributed by atoms with Crippen LogP contribution in [0.15, 0.2) is 47.6 Å². The topological polar surface area (TPSA) is 76.2 Å². The summed E-state index contributed by atoms with van der Waals surface area (Å²) >= 11 is 2.83. The molecule has 3 aromatic rings. The Morgan fingerprint density at radius 3 is 2.81 bits per heavy atom. The highest BCUT2D eigenvalue weighted by atomic mass is 32.2. The number of thiophene rings is 1. The van der Waals surface area contributed by atoms with Crippen molar-refractivity contribution < 1.29 is 9.90 Å². The molecule has 0 spiro atoms. The number of aromatic nitrogens is 1. The summed E-state index contributed by atoms with van der Waals surface area (Å²) in [6.45, 7) is 0. The predicted octanol–water partition coefficient (Wildman–Crippen LogP) is 3.87. The minimum atomic E-state index is -0.878. The van der Waals surface area contributed by atoms with Gasteiger partial charge in [0, 0.05) is 10.5 Å². The number of hydrogen-bond acceptors (Lipinski definition) is 5.